The molecule has 2 aliphatic heterocycles. The Hall–Kier alpha value is -2.44. The summed E-state index contributed by atoms with van der Waals surface area (Å²) < 4.78 is 0. The molecule has 4 rings (SSSR count). The van der Waals surface area contributed by atoms with Crippen LogP contribution in [0.4, 0.5) is 0 Å². The Bertz CT molecular complexity index is 815. The van der Waals surface area contributed by atoms with E-state index in [4.69, 9.17) is 0 Å². The van der Waals surface area contributed by atoms with Crippen LogP contribution in [0.25, 0.3) is 0 Å². The molecule has 2 aliphatic rings. The van der Waals surface area contributed by atoms with Crippen molar-refractivity contribution >= 4 is 11.6 Å². The number of piperidine rings is 2. The molecule has 0 unspecified atom stereocenters. The number of likely N-dealkylation sites (tertiary alicyclic amines) is 2. The first-order valence-corrected chi connectivity index (χ1v) is 12.6. The molecule has 0 aliphatic carbocycles. The second-order valence-electron chi connectivity index (χ2n) is 9.33. The van der Waals surface area contributed by atoms with Crippen molar-refractivity contribution in [3.05, 3.63) is 60.2 Å². The highest BCUT2D eigenvalue weighted by molar-refractivity contribution is 6.15. The third-order valence-electron chi connectivity index (χ3n) is 7.14. The van der Waals surface area contributed by atoms with Crippen LogP contribution < -0.4 is 0 Å². The van der Waals surface area contributed by atoms with Crippen LogP contribution in [0.5, 0.6) is 0 Å². The number of carbonyl (C=O) groups is 2. The quantitative estimate of drug-likeness (QED) is 0.517. The monoisotopic (exact) mass is 448 g/mol. The first-order valence-electron chi connectivity index (χ1n) is 12.6. The molecule has 0 bridgehead atoms. The maximum absolute atomic E-state index is 14.1. The molecule has 2 aromatic heterocycles. The zero-order valence-electron chi connectivity index (χ0n) is 19.6. The molecular formula is C27H36N4O2. The predicted octanol–water partition coefficient (Wildman–Crippen LogP) is 3.65. The average molecular weight is 449 g/mol. The largest absolute Gasteiger partial charge is 0.303 e. The molecule has 0 N–H and O–H groups in total. The lowest BCUT2D eigenvalue weighted by Crippen LogP contribution is -2.48. The molecule has 2 fully saturated rings. The van der Waals surface area contributed by atoms with E-state index in [2.05, 4.69) is 19.8 Å². The van der Waals surface area contributed by atoms with Gasteiger partial charge in [0.05, 0.1) is 11.4 Å². The van der Waals surface area contributed by atoms with Crippen molar-refractivity contribution in [1.82, 2.24) is 19.8 Å². The van der Waals surface area contributed by atoms with Crippen molar-refractivity contribution in [2.75, 3.05) is 39.3 Å². The molecule has 0 aromatic carbocycles. The van der Waals surface area contributed by atoms with Crippen LogP contribution in [0.3, 0.4) is 0 Å². The van der Waals surface area contributed by atoms with E-state index in [-0.39, 0.29) is 11.6 Å². The lowest BCUT2D eigenvalue weighted by Gasteiger charge is -2.33. The molecule has 0 spiro atoms. The highest BCUT2D eigenvalue weighted by Gasteiger charge is 2.50. The maximum Gasteiger partial charge on any atom is 0.171 e. The number of carbonyl (C=O) groups excluding carboxylic acids is 2. The van der Waals surface area contributed by atoms with E-state index in [1.54, 1.807) is 12.4 Å². The zero-order chi connectivity index (χ0) is 22.9. The van der Waals surface area contributed by atoms with Crippen molar-refractivity contribution in [2.24, 2.45) is 0 Å². The Morgan fingerprint density at radius 1 is 0.667 bits per heavy atom. The van der Waals surface area contributed by atoms with Crippen LogP contribution in [0.2, 0.25) is 0 Å². The third-order valence-corrected chi connectivity index (χ3v) is 7.14. The van der Waals surface area contributed by atoms with Gasteiger partial charge >= 0.3 is 0 Å². The summed E-state index contributed by atoms with van der Waals surface area (Å²) >= 11 is 0. The minimum Gasteiger partial charge on any atom is -0.303 e. The van der Waals surface area contributed by atoms with E-state index in [1.165, 1.54) is 38.5 Å². The molecule has 4 heterocycles. The summed E-state index contributed by atoms with van der Waals surface area (Å²) in [6, 6.07) is 11.0. The fraction of sp³-hybridized carbons (Fsp3) is 0.556. The van der Waals surface area contributed by atoms with E-state index >= 15 is 0 Å². The summed E-state index contributed by atoms with van der Waals surface area (Å²) in [5, 5.41) is 0. The van der Waals surface area contributed by atoms with Gasteiger partial charge in [-0.3, -0.25) is 19.6 Å². The second-order valence-corrected chi connectivity index (χ2v) is 9.33. The number of pyridine rings is 2. The van der Waals surface area contributed by atoms with Gasteiger partial charge in [0.15, 0.2) is 17.0 Å². The normalized spacial score (nSPS) is 18.2. The Kier molecular flexibility index (Phi) is 8.35. The summed E-state index contributed by atoms with van der Waals surface area (Å²) in [6.45, 7) is 5.46. The number of ketones is 2. The minimum atomic E-state index is -1.45. The topological polar surface area (TPSA) is 66.4 Å². The van der Waals surface area contributed by atoms with Crippen molar-refractivity contribution in [3.63, 3.8) is 0 Å². The number of nitrogens with zero attached hydrogens (tertiary/aromatic N) is 4. The number of hydrogen-bond donors (Lipinski definition) is 0. The van der Waals surface area contributed by atoms with Gasteiger partial charge in [-0.25, -0.2) is 0 Å². The van der Waals surface area contributed by atoms with E-state index in [0.717, 1.165) is 26.2 Å². The molecule has 0 radical (unpaired) electrons. The van der Waals surface area contributed by atoms with Crippen LogP contribution >= 0.6 is 0 Å². The summed E-state index contributed by atoms with van der Waals surface area (Å²) in [5.41, 5.74) is -0.458. The van der Waals surface area contributed by atoms with E-state index in [0.29, 0.717) is 37.3 Å². The molecule has 176 valence electrons. The fourth-order valence-corrected chi connectivity index (χ4v) is 5.29. The third kappa shape index (κ3) is 5.56. The first-order chi connectivity index (χ1) is 16.2. The number of Topliss-reactive ketones (excluding diaryl/α,β-unsaturated/α-hetero) is 2. The van der Waals surface area contributed by atoms with Crippen LogP contribution in [0.15, 0.2) is 48.8 Å². The lowest BCUT2D eigenvalue weighted by atomic mass is 9.70. The predicted molar refractivity (Wildman–Crippen MR) is 129 cm³/mol. The van der Waals surface area contributed by atoms with E-state index in [9.17, 15) is 9.59 Å². The molecular weight excluding hydrogens is 412 g/mol. The molecule has 0 atom stereocenters. The second kappa shape index (κ2) is 11.6. The summed E-state index contributed by atoms with van der Waals surface area (Å²) in [5.74, 6) is -0.178. The molecule has 33 heavy (non-hydrogen) atoms. The Morgan fingerprint density at radius 2 is 1.09 bits per heavy atom. The van der Waals surface area contributed by atoms with Gasteiger partial charge in [-0.1, -0.05) is 25.0 Å². The van der Waals surface area contributed by atoms with Crippen molar-refractivity contribution in [1.29, 1.82) is 0 Å². The van der Waals surface area contributed by atoms with Crippen LogP contribution in [0, 0.1) is 0 Å². The SMILES string of the molecule is O=C(CCN1CCCCC1)C(C(=O)CCN1CCCCC1)(c1ccccn1)c1ccccn1. The molecule has 6 heteroatoms. The summed E-state index contributed by atoms with van der Waals surface area (Å²) in [6.07, 6.45) is 11.2. The first kappa shape index (κ1) is 23.7. The van der Waals surface area contributed by atoms with Gasteiger partial charge in [0.2, 0.25) is 0 Å². The van der Waals surface area contributed by atoms with Crippen molar-refractivity contribution in [2.45, 2.75) is 56.8 Å². The summed E-state index contributed by atoms with van der Waals surface area (Å²) in [7, 11) is 0. The smallest absolute Gasteiger partial charge is 0.171 e. The van der Waals surface area contributed by atoms with Gasteiger partial charge in [-0.2, -0.15) is 0 Å². The molecule has 0 amide bonds. The Labute approximate surface area is 197 Å². The van der Waals surface area contributed by atoms with Gasteiger partial charge < -0.3 is 9.80 Å². The van der Waals surface area contributed by atoms with Gasteiger partial charge in [-0.15, -0.1) is 0 Å². The zero-order valence-corrected chi connectivity index (χ0v) is 19.6. The minimum absolute atomic E-state index is 0.0888. The van der Waals surface area contributed by atoms with Crippen molar-refractivity contribution < 1.29 is 9.59 Å². The standard InChI is InChI=1S/C27H36N4O2/c32-25(13-21-30-17-7-1-8-18-30)27(23-11-3-5-15-28-23,24-12-4-6-16-29-24)26(33)14-22-31-19-9-2-10-20-31/h3-6,11-12,15-16H,1-2,7-10,13-14,17-22H2. The number of rotatable bonds is 10. The molecule has 6 nitrogen and oxygen atoms in total. The van der Waals surface area contributed by atoms with Gasteiger partial charge in [0, 0.05) is 38.3 Å². The van der Waals surface area contributed by atoms with E-state index < -0.39 is 5.41 Å². The summed E-state index contributed by atoms with van der Waals surface area (Å²) in [4.78, 5) is 41.9. The fourth-order valence-electron chi connectivity index (χ4n) is 5.29. The highest BCUT2D eigenvalue weighted by atomic mass is 16.2. The van der Waals surface area contributed by atoms with E-state index in [1.807, 2.05) is 36.4 Å². The van der Waals surface area contributed by atoms with Crippen LogP contribution in [-0.2, 0) is 15.0 Å². The molecule has 0 saturated carbocycles. The molecule has 2 saturated heterocycles. The Morgan fingerprint density at radius 3 is 1.45 bits per heavy atom. The number of aromatic nitrogens is 2. The lowest BCUT2D eigenvalue weighted by molar-refractivity contribution is -0.134. The van der Waals surface area contributed by atoms with Crippen molar-refractivity contribution in [3.8, 4) is 0 Å². The van der Waals surface area contributed by atoms with Crippen LogP contribution in [-0.4, -0.2) is 70.6 Å². The highest BCUT2D eigenvalue weighted by Crippen LogP contribution is 2.35. The van der Waals surface area contributed by atoms with Crippen LogP contribution in [0.1, 0.15) is 62.8 Å². The van der Waals surface area contributed by atoms with Gasteiger partial charge in [0.25, 0.3) is 0 Å². The average Bonchev–Trinajstić information content (AvgIpc) is 2.89. The maximum atomic E-state index is 14.1. The van der Waals surface area contributed by atoms with Gasteiger partial charge in [0.1, 0.15) is 0 Å². The Balaban J connectivity index is 1.65. The van der Waals surface area contributed by atoms with Gasteiger partial charge in [-0.05, 0) is 76.1 Å². The number of hydrogen-bond acceptors (Lipinski definition) is 6. The molecule has 2 aromatic rings.